The van der Waals surface area contributed by atoms with Crippen molar-refractivity contribution in [2.75, 3.05) is 18.8 Å². The van der Waals surface area contributed by atoms with E-state index >= 15 is 0 Å². The summed E-state index contributed by atoms with van der Waals surface area (Å²) in [6.07, 6.45) is 4.37. The van der Waals surface area contributed by atoms with Gasteiger partial charge in [-0.05, 0) is 35.7 Å². The molecule has 2 rings (SSSR count). The number of anilines is 1. The van der Waals surface area contributed by atoms with E-state index in [0.29, 0.717) is 6.54 Å². The number of amides is 1. The van der Waals surface area contributed by atoms with Gasteiger partial charge >= 0.3 is 0 Å². The molecular formula is C16H20N4O. The zero-order chi connectivity index (χ0) is 15.1. The quantitative estimate of drug-likeness (QED) is 0.748. The highest BCUT2D eigenvalue weighted by atomic mass is 16.1. The molecule has 0 radical (unpaired) electrons. The minimum atomic E-state index is -0.334. The largest absolute Gasteiger partial charge is 0.398 e. The van der Waals surface area contributed by atoms with Gasteiger partial charge in [0.1, 0.15) is 0 Å². The fraction of sp³-hybridized carbons (Fsp3) is 0.250. The Balaban J connectivity index is 2.01. The highest BCUT2D eigenvalue weighted by Crippen LogP contribution is 2.13. The summed E-state index contributed by atoms with van der Waals surface area (Å²) in [7, 11) is 0. The number of benzene rings is 1. The van der Waals surface area contributed by atoms with Crippen LogP contribution >= 0.6 is 0 Å². The fourth-order valence-corrected chi connectivity index (χ4v) is 2.19. The summed E-state index contributed by atoms with van der Waals surface area (Å²) in [6, 6.07) is 11.6. The topological polar surface area (TPSA) is 85.2 Å². The summed E-state index contributed by atoms with van der Waals surface area (Å²) in [5.74, 6) is -0.334. The van der Waals surface area contributed by atoms with E-state index in [0.717, 1.165) is 24.2 Å². The van der Waals surface area contributed by atoms with Gasteiger partial charge in [0, 0.05) is 31.2 Å². The second kappa shape index (κ2) is 7.40. The van der Waals surface area contributed by atoms with E-state index in [9.17, 15) is 4.79 Å². The minimum absolute atomic E-state index is 0.222. The maximum Gasteiger partial charge on any atom is 0.231 e. The molecule has 1 heterocycles. The molecule has 1 aromatic heterocycles. The Bertz CT molecular complexity index is 586. The molecule has 1 aromatic carbocycles. The summed E-state index contributed by atoms with van der Waals surface area (Å²) in [6.45, 7) is 1.57. The number of hydrogen-bond acceptors (Lipinski definition) is 4. The zero-order valence-electron chi connectivity index (χ0n) is 11.9. The molecule has 0 unspecified atom stereocenters. The number of aromatic nitrogens is 1. The van der Waals surface area contributed by atoms with Crippen molar-refractivity contribution in [3.63, 3.8) is 0 Å². The van der Waals surface area contributed by atoms with Gasteiger partial charge in [-0.3, -0.25) is 14.7 Å². The van der Waals surface area contributed by atoms with E-state index in [-0.39, 0.29) is 12.5 Å². The van der Waals surface area contributed by atoms with Crippen molar-refractivity contribution < 1.29 is 4.79 Å². The van der Waals surface area contributed by atoms with Gasteiger partial charge in [-0.25, -0.2) is 0 Å². The molecule has 2 aromatic rings. The van der Waals surface area contributed by atoms with Gasteiger partial charge in [-0.15, -0.1) is 0 Å². The van der Waals surface area contributed by atoms with E-state index in [1.807, 2.05) is 41.3 Å². The van der Waals surface area contributed by atoms with Crippen LogP contribution < -0.4 is 11.5 Å². The first-order valence-corrected chi connectivity index (χ1v) is 6.88. The predicted octanol–water partition coefficient (Wildman–Crippen LogP) is 1.19. The van der Waals surface area contributed by atoms with Crippen LogP contribution in [0, 0.1) is 0 Å². The number of nitrogens with two attached hydrogens (primary N) is 2. The lowest BCUT2D eigenvalue weighted by molar-refractivity contribution is -0.119. The second-order valence-corrected chi connectivity index (χ2v) is 4.98. The lowest BCUT2D eigenvalue weighted by Gasteiger charge is -2.21. The summed E-state index contributed by atoms with van der Waals surface area (Å²) in [4.78, 5) is 17.2. The molecule has 0 aliphatic rings. The minimum Gasteiger partial charge on any atom is -0.398 e. The highest BCUT2D eigenvalue weighted by molar-refractivity contribution is 5.75. The maximum atomic E-state index is 11.2. The zero-order valence-corrected chi connectivity index (χ0v) is 11.9. The Morgan fingerprint density at radius 2 is 1.86 bits per heavy atom. The molecule has 0 saturated heterocycles. The van der Waals surface area contributed by atoms with Gasteiger partial charge in [-0.2, -0.15) is 0 Å². The van der Waals surface area contributed by atoms with Crippen molar-refractivity contribution in [3.05, 3.63) is 59.9 Å². The van der Waals surface area contributed by atoms with Crippen LogP contribution in [0.2, 0.25) is 0 Å². The third-order valence-electron chi connectivity index (χ3n) is 3.29. The molecule has 0 bridgehead atoms. The average Bonchev–Trinajstić information content (AvgIpc) is 2.48. The first kappa shape index (κ1) is 15.0. The molecule has 5 nitrogen and oxygen atoms in total. The van der Waals surface area contributed by atoms with E-state index in [1.165, 1.54) is 5.56 Å². The van der Waals surface area contributed by atoms with Crippen LogP contribution in [0.5, 0.6) is 0 Å². The van der Waals surface area contributed by atoms with Gasteiger partial charge in [0.05, 0.1) is 6.54 Å². The van der Waals surface area contributed by atoms with E-state index in [4.69, 9.17) is 11.5 Å². The number of nitrogens with zero attached hydrogens (tertiary/aromatic N) is 2. The van der Waals surface area contributed by atoms with Gasteiger partial charge in [-0.1, -0.05) is 18.2 Å². The summed E-state index contributed by atoms with van der Waals surface area (Å²) in [5, 5.41) is 0. The lowest BCUT2D eigenvalue weighted by Crippen LogP contribution is -2.35. The van der Waals surface area contributed by atoms with Crippen LogP contribution in [-0.4, -0.2) is 28.9 Å². The van der Waals surface area contributed by atoms with Crippen molar-refractivity contribution in [2.45, 2.75) is 13.0 Å². The van der Waals surface area contributed by atoms with Crippen LogP contribution in [0.3, 0.4) is 0 Å². The number of primary amides is 1. The molecule has 1 amide bonds. The molecule has 0 atom stereocenters. The molecule has 21 heavy (non-hydrogen) atoms. The third-order valence-corrected chi connectivity index (χ3v) is 3.29. The monoisotopic (exact) mass is 284 g/mol. The lowest BCUT2D eigenvalue weighted by atomic mass is 10.1. The van der Waals surface area contributed by atoms with Crippen LogP contribution in [0.1, 0.15) is 11.1 Å². The number of carbonyl (C=O) groups excluding carboxylic acids is 1. The number of pyridine rings is 1. The number of carbonyl (C=O) groups is 1. The van der Waals surface area contributed by atoms with Crippen LogP contribution in [0.15, 0.2) is 48.8 Å². The average molecular weight is 284 g/mol. The second-order valence-electron chi connectivity index (χ2n) is 4.98. The van der Waals surface area contributed by atoms with Crippen molar-refractivity contribution in [1.29, 1.82) is 0 Å². The van der Waals surface area contributed by atoms with Gasteiger partial charge in [0.2, 0.25) is 5.91 Å². The molecule has 0 fully saturated rings. The Kier molecular flexibility index (Phi) is 5.29. The van der Waals surface area contributed by atoms with E-state index < -0.39 is 0 Å². The van der Waals surface area contributed by atoms with Crippen molar-refractivity contribution in [1.82, 2.24) is 9.88 Å². The van der Waals surface area contributed by atoms with Crippen LogP contribution in [0.4, 0.5) is 5.69 Å². The molecule has 0 aliphatic carbocycles. The maximum absolute atomic E-state index is 11.2. The Morgan fingerprint density at radius 1 is 1.14 bits per heavy atom. The van der Waals surface area contributed by atoms with Crippen molar-refractivity contribution >= 4 is 11.6 Å². The van der Waals surface area contributed by atoms with E-state index in [2.05, 4.69) is 4.98 Å². The number of nitrogen functional groups attached to an aromatic ring is 1. The standard InChI is InChI=1S/C16H20N4O/c17-15-4-2-1-3-14(15)11-20(12-16(18)21)10-7-13-5-8-19-9-6-13/h1-6,8-9H,7,10-12,17H2,(H2,18,21). The van der Waals surface area contributed by atoms with E-state index in [1.54, 1.807) is 12.4 Å². The summed E-state index contributed by atoms with van der Waals surface area (Å²) in [5.41, 5.74) is 14.2. The van der Waals surface area contributed by atoms with Crippen LogP contribution in [0.25, 0.3) is 0 Å². The Hall–Kier alpha value is -2.40. The van der Waals surface area contributed by atoms with Gasteiger partial charge < -0.3 is 11.5 Å². The first-order valence-electron chi connectivity index (χ1n) is 6.88. The van der Waals surface area contributed by atoms with Crippen molar-refractivity contribution in [3.8, 4) is 0 Å². The van der Waals surface area contributed by atoms with Gasteiger partial charge in [0.15, 0.2) is 0 Å². The molecule has 4 N–H and O–H groups in total. The summed E-state index contributed by atoms with van der Waals surface area (Å²) >= 11 is 0. The fourth-order valence-electron chi connectivity index (χ4n) is 2.19. The molecule has 110 valence electrons. The molecule has 0 aliphatic heterocycles. The smallest absolute Gasteiger partial charge is 0.231 e. The number of rotatable bonds is 7. The highest BCUT2D eigenvalue weighted by Gasteiger charge is 2.11. The molecule has 0 saturated carbocycles. The first-order chi connectivity index (χ1) is 10.1. The Morgan fingerprint density at radius 3 is 2.52 bits per heavy atom. The van der Waals surface area contributed by atoms with Crippen molar-refractivity contribution in [2.24, 2.45) is 5.73 Å². The Labute approximate surface area is 124 Å². The third kappa shape index (κ3) is 4.89. The predicted molar refractivity (Wildman–Crippen MR) is 83.3 cm³/mol. The van der Waals surface area contributed by atoms with Crippen LogP contribution in [-0.2, 0) is 17.8 Å². The summed E-state index contributed by atoms with van der Waals surface area (Å²) < 4.78 is 0. The number of hydrogen-bond donors (Lipinski definition) is 2. The molecule has 0 spiro atoms. The normalized spacial score (nSPS) is 10.7. The SMILES string of the molecule is NC(=O)CN(CCc1ccncc1)Cc1ccccc1N. The molecular weight excluding hydrogens is 264 g/mol. The van der Waals surface area contributed by atoms with Gasteiger partial charge in [0.25, 0.3) is 0 Å². The molecule has 5 heteroatoms. The number of para-hydroxylation sites is 1.